The fraction of sp³-hybridized carbons (Fsp3) is 0.389. The van der Waals surface area contributed by atoms with Crippen molar-refractivity contribution in [1.29, 1.82) is 0 Å². The van der Waals surface area contributed by atoms with Gasteiger partial charge >= 0.3 is 6.18 Å². The molecule has 0 saturated heterocycles. The summed E-state index contributed by atoms with van der Waals surface area (Å²) in [5.74, 6) is -0.110. The Morgan fingerprint density at radius 2 is 1.77 bits per heavy atom. The SMILES string of the molecule is O=C(Nc1cccc(C(F)(F)F)c1)c1cnc(NC2CCCCC2)nc1. The molecule has 0 atom stereocenters. The summed E-state index contributed by atoms with van der Waals surface area (Å²) in [4.78, 5) is 20.4. The second-order valence-electron chi connectivity index (χ2n) is 6.31. The van der Waals surface area contributed by atoms with Gasteiger partial charge in [0.15, 0.2) is 0 Å². The fourth-order valence-corrected chi connectivity index (χ4v) is 2.93. The summed E-state index contributed by atoms with van der Waals surface area (Å²) in [5.41, 5.74) is -0.579. The molecule has 26 heavy (non-hydrogen) atoms. The molecule has 0 aliphatic heterocycles. The number of amides is 1. The quantitative estimate of drug-likeness (QED) is 0.839. The molecule has 0 unspecified atom stereocenters. The van der Waals surface area contributed by atoms with Crippen molar-refractivity contribution >= 4 is 17.5 Å². The molecule has 2 aromatic rings. The highest BCUT2D eigenvalue weighted by Crippen LogP contribution is 2.30. The molecule has 8 heteroatoms. The number of anilines is 2. The third-order valence-electron chi connectivity index (χ3n) is 4.30. The minimum atomic E-state index is -4.46. The van der Waals surface area contributed by atoms with Crippen molar-refractivity contribution in [3.8, 4) is 0 Å². The Bertz CT molecular complexity index is 756. The standard InChI is InChI=1S/C18H19F3N4O/c19-18(20,21)13-5-4-8-15(9-13)24-16(26)12-10-22-17(23-11-12)25-14-6-2-1-3-7-14/h4-5,8-11,14H,1-3,6-7H2,(H,24,26)(H,22,23,25). The highest BCUT2D eigenvalue weighted by molar-refractivity contribution is 6.03. The van der Waals surface area contributed by atoms with E-state index >= 15 is 0 Å². The van der Waals surface area contributed by atoms with Crippen LogP contribution in [0.4, 0.5) is 24.8 Å². The van der Waals surface area contributed by atoms with Crippen molar-refractivity contribution in [1.82, 2.24) is 9.97 Å². The van der Waals surface area contributed by atoms with Gasteiger partial charge in [-0.15, -0.1) is 0 Å². The number of rotatable bonds is 4. The first-order valence-corrected chi connectivity index (χ1v) is 8.49. The van der Waals surface area contributed by atoms with Crippen LogP contribution in [0.15, 0.2) is 36.7 Å². The van der Waals surface area contributed by atoms with Gasteiger partial charge in [0, 0.05) is 24.1 Å². The molecule has 0 radical (unpaired) electrons. The molecular formula is C18H19F3N4O. The Balaban J connectivity index is 1.63. The van der Waals surface area contributed by atoms with Crippen molar-refractivity contribution in [3.63, 3.8) is 0 Å². The van der Waals surface area contributed by atoms with Crippen molar-refractivity contribution in [2.24, 2.45) is 0 Å². The van der Waals surface area contributed by atoms with Gasteiger partial charge in [-0.25, -0.2) is 9.97 Å². The molecule has 1 aliphatic rings. The predicted molar refractivity (Wildman–Crippen MR) is 91.9 cm³/mol. The molecule has 1 fully saturated rings. The average molecular weight is 364 g/mol. The lowest BCUT2D eigenvalue weighted by Crippen LogP contribution is -2.23. The van der Waals surface area contributed by atoms with Crippen LogP contribution in [-0.4, -0.2) is 21.9 Å². The van der Waals surface area contributed by atoms with Crippen molar-refractivity contribution in [3.05, 3.63) is 47.8 Å². The van der Waals surface area contributed by atoms with Gasteiger partial charge in [-0.05, 0) is 31.0 Å². The molecule has 3 rings (SSSR count). The molecule has 1 saturated carbocycles. The van der Waals surface area contributed by atoms with Crippen molar-refractivity contribution in [2.75, 3.05) is 10.6 Å². The Morgan fingerprint density at radius 1 is 1.08 bits per heavy atom. The van der Waals surface area contributed by atoms with Gasteiger partial charge in [-0.1, -0.05) is 25.3 Å². The van der Waals surface area contributed by atoms with E-state index in [1.807, 2.05) is 0 Å². The second-order valence-corrected chi connectivity index (χ2v) is 6.31. The van der Waals surface area contributed by atoms with Crippen LogP contribution in [0.2, 0.25) is 0 Å². The molecule has 1 aromatic heterocycles. The number of hydrogen-bond acceptors (Lipinski definition) is 4. The van der Waals surface area contributed by atoms with Crippen LogP contribution in [0.25, 0.3) is 0 Å². The first kappa shape index (κ1) is 18.2. The zero-order valence-corrected chi connectivity index (χ0v) is 14.0. The van der Waals surface area contributed by atoms with Crippen LogP contribution in [0.3, 0.4) is 0 Å². The number of alkyl halides is 3. The van der Waals surface area contributed by atoms with Gasteiger partial charge in [0.25, 0.3) is 5.91 Å². The van der Waals surface area contributed by atoms with Gasteiger partial charge in [0.05, 0.1) is 11.1 Å². The minimum Gasteiger partial charge on any atom is -0.351 e. The van der Waals surface area contributed by atoms with Gasteiger partial charge in [0.2, 0.25) is 5.95 Å². The number of benzene rings is 1. The Morgan fingerprint density at radius 3 is 2.42 bits per heavy atom. The molecule has 1 aliphatic carbocycles. The Labute approximate surface area is 149 Å². The van der Waals surface area contributed by atoms with E-state index in [0.29, 0.717) is 12.0 Å². The average Bonchev–Trinajstić information content (AvgIpc) is 2.63. The number of halogens is 3. The summed E-state index contributed by atoms with van der Waals surface area (Å²) >= 11 is 0. The summed E-state index contributed by atoms with van der Waals surface area (Å²) in [6, 6.07) is 4.81. The summed E-state index contributed by atoms with van der Waals surface area (Å²) < 4.78 is 38.2. The zero-order valence-electron chi connectivity index (χ0n) is 14.0. The minimum absolute atomic E-state index is 0.0641. The maximum absolute atomic E-state index is 12.7. The van der Waals surface area contributed by atoms with E-state index in [2.05, 4.69) is 20.6 Å². The largest absolute Gasteiger partial charge is 0.416 e. The monoisotopic (exact) mass is 364 g/mol. The fourth-order valence-electron chi connectivity index (χ4n) is 2.93. The van der Waals surface area contributed by atoms with E-state index in [1.54, 1.807) is 0 Å². The van der Waals surface area contributed by atoms with Gasteiger partial charge in [0.1, 0.15) is 0 Å². The molecule has 1 heterocycles. The molecule has 138 valence electrons. The Kier molecular flexibility index (Phi) is 5.39. The number of carbonyl (C=O) groups excluding carboxylic acids is 1. The van der Waals surface area contributed by atoms with E-state index in [-0.39, 0.29) is 11.3 Å². The second kappa shape index (κ2) is 7.72. The highest BCUT2D eigenvalue weighted by Gasteiger charge is 2.30. The normalized spacial score (nSPS) is 15.5. The van der Waals surface area contributed by atoms with Crippen LogP contribution in [0.1, 0.15) is 48.0 Å². The predicted octanol–water partition coefficient (Wildman–Crippen LogP) is 4.49. The molecule has 0 spiro atoms. The van der Waals surface area contributed by atoms with Gasteiger partial charge in [-0.2, -0.15) is 13.2 Å². The third-order valence-corrected chi connectivity index (χ3v) is 4.30. The number of carbonyl (C=O) groups is 1. The van der Waals surface area contributed by atoms with E-state index < -0.39 is 17.6 Å². The summed E-state index contributed by atoms with van der Waals surface area (Å²) in [7, 11) is 0. The highest BCUT2D eigenvalue weighted by atomic mass is 19.4. The van der Waals surface area contributed by atoms with Gasteiger partial charge in [-0.3, -0.25) is 4.79 Å². The van der Waals surface area contributed by atoms with Crippen molar-refractivity contribution < 1.29 is 18.0 Å². The molecule has 5 nitrogen and oxygen atoms in total. The van der Waals surface area contributed by atoms with Crippen LogP contribution in [-0.2, 0) is 6.18 Å². The van der Waals surface area contributed by atoms with Crippen LogP contribution < -0.4 is 10.6 Å². The van der Waals surface area contributed by atoms with Crippen LogP contribution in [0, 0.1) is 0 Å². The zero-order chi connectivity index (χ0) is 18.6. The summed E-state index contributed by atoms with van der Waals surface area (Å²) in [6.07, 6.45) is 4.00. The number of aromatic nitrogens is 2. The maximum atomic E-state index is 12.7. The lowest BCUT2D eigenvalue weighted by atomic mass is 9.96. The molecule has 1 aromatic carbocycles. The van der Waals surface area contributed by atoms with E-state index in [0.717, 1.165) is 25.0 Å². The molecular weight excluding hydrogens is 345 g/mol. The first-order chi connectivity index (χ1) is 12.4. The van der Waals surface area contributed by atoms with Crippen molar-refractivity contribution in [2.45, 2.75) is 44.3 Å². The first-order valence-electron chi connectivity index (χ1n) is 8.49. The third kappa shape index (κ3) is 4.71. The Hall–Kier alpha value is -2.64. The van der Waals surface area contributed by atoms with E-state index in [4.69, 9.17) is 0 Å². The number of nitrogens with zero attached hydrogens (tertiary/aromatic N) is 2. The molecule has 0 bridgehead atoms. The van der Waals surface area contributed by atoms with Crippen LogP contribution >= 0.6 is 0 Å². The molecule has 1 amide bonds. The number of nitrogens with one attached hydrogen (secondary N) is 2. The van der Waals surface area contributed by atoms with E-state index in [1.165, 1.54) is 43.8 Å². The topological polar surface area (TPSA) is 66.9 Å². The molecule has 2 N–H and O–H groups in total. The summed E-state index contributed by atoms with van der Waals surface area (Å²) in [6.45, 7) is 0. The smallest absolute Gasteiger partial charge is 0.351 e. The number of hydrogen-bond donors (Lipinski definition) is 2. The lowest BCUT2D eigenvalue weighted by molar-refractivity contribution is -0.137. The summed E-state index contributed by atoms with van der Waals surface area (Å²) in [5, 5.41) is 5.67. The van der Waals surface area contributed by atoms with Gasteiger partial charge < -0.3 is 10.6 Å². The van der Waals surface area contributed by atoms with E-state index in [9.17, 15) is 18.0 Å². The van der Waals surface area contributed by atoms with Crippen LogP contribution in [0.5, 0.6) is 0 Å². The maximum Gasteiger partial charge on any atom is 0.416 e. The lowest BCUT2D eigenvalue weighted by Gasteiger charge is -2.22.